The van der Waals surface area contributed by atoms with Crippen LogP contribution in [0.3, 0.4) is 0 Å². The molecule has 82 valence electrons. The number of ether oxygens (including phenoxy) is 1. The van der Waals surface area contributed by atoms with E-state index in [1.54, 1.807) is 0 Å². The van der Waals surface area contributed by atoms with Gasteiger partial charge in [0.25, 0.3) is 0 Å². The SMILES string of the molecule is C=CCC1=C(C=C)Cc2ccccc2CO1. The van der Waals surface area contributed by atoms with Crippen molar-refractivity contribution in [1.29, 1.82) is 0 Å². The Labute approximate surface area is 96.8 Å². The molecule has 0 radical (unpaired) electrons. The molecule has 0 N–H and O–H groups in total. The summed E-state index contributed by atoms with van der Waals surface area (Å²) in [5, 5.41) is 0. The van der Waals surface area contributed by atoms with Crippen molar-refractivity contribution in [2.45, 2.75) is 19.4 Å². The lowest BCUT2D eigenvalue weighted by atomic mass is 10.00. The molecule has 1 nitrogen and oxygen atoms in total. The zero-order valence-electron chi connectivity index (χ0n) is 9.41. The molecule has 0 amide bonds. The third-order valence-electron chi connectivity index (χ3n) is 2.84. The Kier molecular flexibility index (Phi) is 3.25. The molecule has 2 rings (SSSR count). The van der Waals surface area contributed by atoms with Crippen LogP contribution in [0.2, 0.25) is 0 Å². The molecular weight excluding hydrogens is 196 g/mol. The minimum absolute atomic E-state index is 0.649. The van der Waals surface area contributed by atoms with Crippen molar-refractivity contribution in [2.75, 3.05) is 0 Å². The van der Waals surface area contributed by atoms with Crippen molar-refractivity contribution < 1.29 is 4.74 Å². The van der Waals surface area contributed by atoms with E-state index in [1.165, 1.54) is 16.7 Å². The van der Waals surface area contributed by atoms with Gasteiger partial charge in [-0.15, -0.1) is 6.58 Å². The van der Waals surface area contributed by atoms with E-state index in [-0.39, 0.29) is 0 Å². The van der Waals surface area contributed by atoms with Crippen molar-refractivity contribution in [2.24, 2.45) is 0 Å². The number of rotatable bonds is 3. The molecule has 0 saturated carbocycles. The summed E-state index contributed by atoms with van der Waals surface area (Å²) in [5.74, 6) is 1.00. The number of hydrogen-bond acceptors (Lipinski definition) is 1. The Morgan fingerprint density at radius 1 is 1.19 bits per heavy atom. The highest BCUT2D eigenvalue weighted by Crippen LogP contribution is 2.25. The molecule has 0 saturated heterocycles. The normalized spacial score (nSPS) is 14.8. The Morgan fingerprint density at radius 3 is 2.62 bits per heavy atom. The van der Waals surface area contributed by atoms with Crippen molar-refractivity contribution in [3.63, 3.8) is 0 Å². The maximum absolute atomic E-state index is 5.81. The molecule has 0 aromatic heterocycles. The minimum atomic E-state index is 0.649. The fourth-order valence-corrected chi connectivity index (χ4v) is 1.94. The Morgan fingerprint density at radius 2 is 1.94 bits per heavy atom. The van der Waals surface area contributed by atoms with Gasteiger partial charge >= 0.3 is 0 Å². The van der Waals surface area contributed by atoms with Crippen LogP contribution in [-0.2, 0) is 17.8 Å². The van der Waals surface area contributed by atoms with Gasteiger partial charge in [-0.05, 0) is 16.7 Å². The predicted octanol–water partition coefficient (Wildman–Crippen LogP) is 3.78. The van der Waals surface area contributed by atoms with Gasteiger partial charge in [0.1, 0.15) is 12.4 Å². The topological polar surface area (TPSA) is 9.23 Å². The Bertz CT molecular complexity index is 441. The van der Waals surface area contributed by atoms with E-state index < -0.39 is 0 Å². The molecule has 1 heteroatoms. The summed E-state index contributed by atoms with van der Waals surface area (Å²) in [6.07, 6.45) is 5.44. The smallest absolute Gasteiger partial charge is 0.113 e. The molecule has 1 heterocycles. The van der Waals surface area contributed by atoms with Crippen LogP contribution in [0.4, 0.5) is 0 Å². The summed E-state index contributed by atoms with van der Waals surface area (Å²) >= 11 is 0. The zero-order valence-corrected chi connectivity index (χ0v) is 9.41. The van der Waals surface area contributed by atoms with Crippen molar-refractivity contribution >= 4 is 0 Å². The molecule has 0 unspecified atom stereocenters. The summed E-state index contributed by atoms with van der Waals surface area (Å²) in [6, 6.07) is 8.39. The van der Waals surface area contributed by atoms with Crippen LogP contribution >= 0.6 is 0 Å². The number of hydrogen-bond donors (Lipinski definition) is 0. The second-order valence-corrected chi connectivity index (χ2v) is 3.88. The van der Waals surface area contributed by atoms with E-state index in [0.29, 0.717) is 6.61 Å². The van der Waals surface area contributed by atoms with Gasteiger partial charge in [0.05, 0.1) is 0 Å². The monoisotopic (exact) mass is 212 g/mol. The molecule has 0 bridgehead atoms. The molecule has 1 aromatic rings. The van der Waals surface area contributed by atoms with E-state index in [2.05, 4.69) is 31.4 Å². The largest absolute Gasteiger partial charge is 0.493 e. The average molecular weight is 212 g/mol. The fourth-order valence-electron chi connectivity index (χ4n) is 1.94. The Balaban J connectivity index is 2.36. The molecule has 0 aliphatic carbocycles. The van der Waals surface area contributed by atoms with Gasteiger partial charge in [0.15, 0.2) is 0 Å². The highest BCUT2D eigenvalue weighted by molar-refractivity contribution is 5.37. The number of fused-ring (bicyclic) bond motifs is 1. The van der Waals surface area contributed by atoms with Gasteiger partial charge < -0.3 is 4.74 Å². The van der Waals surface area contributed by atoms with E-state index in [1.807, 2.05) is 18.2 Å². The molecular formula is C15H16O. The predicted molar refractivity (Wildman–Crippen MR) is 67.0 cm³/mol. The second-order valence-electron chi connectivity index (χ2n) is 3.88. The molecule has 1 aliphatic rings. The van der Waals surface area contributed by atoms with E-state index in [0.717, 1.165) is 18.6 Å². The third kappa shape index (κ3) is 2.08. The van der Waals surface area contributed by atoms with Gasteiger partial charge in [-0.3, -0.25) is 0 Å². The molecule has 0 fully saturated rings. The van der Waals surface area contributed by atoms with Crippen molar-refractivity contribution in [3.05, 3.63) is 72.0 Å². The lowest BCUT2D eigenvalue weighted by Crippen LogP contribution is -1.93. The van der Waals surface area contributed by atoms with E-state index in [9.17, 15) is 0 Å². The van der Waals surface area contributed by atoms with Crippen LogP contribution in [0.5, 0.6) is 0 Å². The van der Waals surface area contributed by atoms with E-state index in [4.69, 9.17) is 4.74 Å². The first-order valence-corrected chi connectivity index (χ1v) is 5.50. The quantitative estimate of drug-likeness (QED) is 0.693. The van der Waals surface area contributed by atoms with Crippen LogP contribution in [0.25, 0.3) is 0 Å². The van der Waals surface area contributed by atoms with Crippen LogP contribution < -0.4 is 0 Å². The summed E-state index contributed by atoms with van der Waals surface area (Å²) in [6.45, 7) is 8.26. The van der Waals surface area contributed by atoms with Gasteiger partial charge in [-0.2, -0.15) is 0 Å². The maximum Gasteiger partial charge on any atom is 0.113 e. The summed E-state index contributed by atoms with van der Waals surface area (Å²) < 4.78 is 5.81. The number of allylic oxidation sites excluding steroid dienone is 3. The maximum atomic E-state index is 5.81. The van der Waals surface area contributed by atoms with E-state index >= 15 is 0 Å². The molecule has 1 aromatic carbocycles. The molecule has 1 aliphatic heterocycles. The van der Waals surface area contributed by atoms with Gasteiger partial charge in [-0.1, -0.05) is 43.0 Å². The van der Waals surface area contributed by atoms with Crippen LogP contribution in [-0.4, -0.2) is 0 Å². The van der Waals surface area contributed by atoms with Crippen LogP contribution in [0.15, 0.2) is 60.9 Å². The first-order valence-electron chi connectivity index (χ1n) is 5.50. The minimum Gasteiger partial charge on any atom is -0.493 e. The number of benzene rings is 1. The zero-order chi connectivity index (χ0) is 11.4. The van der Waals surface area contributed by atoms with Crippen molar-refractivity contribution in [3.8, 4) is 0 Å². The summed E-state index contributed by atoms with van der Waals surface area (Å²) in [7, 11) is 0. The summed E-state index contributed by atoms with van der Waals surface area (Å²) in [4.78, 5) is 0. The average Bonchev–Trinajstić information content (AvgIpc) is 2.49. The lowest BCUT2D eigenvalue weighted by Gasteiger charge is -2.08. The van der Waals surface area contributed by atoms with Gasteiger partial charge in [-0.25, -0.2) is 0 Å². The van der Waals surface area contributed by atoms with Crippen LogP contribution in [0, 0.1) is 0 Å². The summed E-state index contributed by atoms with van der Waals surface area (Å²) in [5.41, 5.74) is 3.77. The molecule has 16 heavy (non-hydrogen) atoms. The molecule has 0 atom stereocenters. The highest BCUT2D eigenvalue weighted by atomic mass is 16.5. The Hall–Kier alpha value is -1.76. The fraction of sp³-hybridized carbons (Fsp3) is 0.200. The van der Waals surface area contributed by atoms with Crippen LogP contribution in [0.1, 0.15) is 17.5 Å². The van der Waals surface area contributed by atoms with Crippen molar-refractivity contribution in [1.82, 2.24) is 0 Å². The lowest BCUT2D eigenvalue weighted by molar-refractivity contribution is 0.194. The van der Waals surface area contributed by atoms with Gasteiger partial charge in [0, 0.05) is 12.8 Å². The second kappa shape index (κ2) is 4.84. The third-order valence-corrected chi connectivity index (χ3v) is 2.84. The molecule has 0 spiro atoms. The highest BCUT2D eigenvalue weighted by Gasteiger charge is 2.13. The standard InChI is InChI=1S/C15H16O/c1-3-7-15-12(4-2)10-13-8-5-6-9-14(13)11-16-15/h3-6,8-9H,1-2,7,10-11H2. The first-order chi connectivity index (χ1) is 7.85. The first kappa shape index (κ1) is 10.7. The van der Waals surface area contributed by atoms with Gasteiger partial charge in [0.2, 0.25) is 0 Å².